The first-order chi connectivity index (χ1) is 9.26. The van der Waals surface area contributed by atoms with E-state index in [2.05, 4.69) is 35.2 Å². The summed E-state index contributed by atoms with van der Waals surface area (Å²) in [5.74, 6) is 0.908. The van der Waals surface area contributed by atoms with Crippen molar-refractivity contribution in [3.8, 4) is 0 Å². The van der Waals surface area contributed by atoms with Crippen LogP contribution in [0.25, 0.3) is 0 Å². The molecule has 0 aliphatic carbocycles. The number of rotatable bonds is 3. The van der Waals surface area contributed by atoms with Gasteiger partial charge in [-0.3, -0.25) is 4.90 Å². The zero-order valence-corrected chi connectivity index (χ0v) is 11.1. The molecule has 1 aliphatic rings. The van der Waals surface area contributed by atoms with E-state index in [0.717, 1.165) is 38.2 Å². The third kappa shape index (κ3) is 2.72. The minimum absolute atomic E-state index is 0.337. The van der Waals surface area contributed by atoms with Gasteiger partial charge >= 0.3 is 0 Å². The third-order valence-electron chi connectivity index (χ3n) is 3.86. The molecule has 2 heterocycles. The van der Waals surface area contributed by atoms with E-state index < -0.39 is 0 Å². The second-order valence-corrected chi connectivity index (χ2v) is 5.43. The fourth-order valence-corrected chi connectivity index (χ4v) is 2.91. The van der Waals surface area contributed by atoms with E-state index in [9.17, 15) is 0 Å². The third-order valence-corrected chi connectivity index (χ3v) is 3.86. The molecule has 0 saturated carbocycles. The molecule has 19 heavy (non-hydrogen) atoms. The lowest BCUT2D eigenvalue weighted by Gasteiger charge is -2.39. The van der Waals surface area contributed by atoms with E-state index in [1.54, 1.807) is 6.26 Å². The summed E-state index contributed by atoms with van der Waals surface area (Å²) in [6.07, 6.45) is 3.82. The van der Waals surface area contributed by atoms with Gasteiger partial charge in [0.1, 0.15) is 5.76 Å². The summed E-state index contributed by atoms with van der Waals surface area (Å²) in [6, 6.07) is 14.5. The largest absolute Gasteiger partial charge is 0.467 e. The van der Waals surface area contributed by atoms with E-state index in [0.29, 0.717) is 0 Å². The van der Waals surface area contributed by atoms with Crippen molar-refractivity contribution < 1.29 is 4.42 Å². The van der Waals surface area contributed by atoms with E-state index in [1.165, 1.54) is 5.56 Å². The lowest BCUT2D eigenvalue weighted by molar-refractivity contribution is 0.126. The van der Waals surface area contributed by atoms with Gasteiger partial charge in [-0.1, -0.05) is 30.3 Å². The highest BCUT2D eigenvalue weighted by Crippen LogP contribution is 2.30. The summed E-state index contributed by atoms with van der Waals surface area (Å²) >= 11 is 0. The van der Waals surface area contributed by atoms with Gasteiger partial charge in [0.15, 0.2) is 0 Å². The van der Waals surface area contributed by atoms with Gasteiger partial charge in [-0.05, 0) is 37.1 Å². The Bertz CT molecular complexity index is 509. The van der Waals surface area contributed by atoms with Gasteiger partial charge in [-0.25, -0.2) is 0 Å². The molecule has 0 amide bonds. The van der Waals surface area contributed by atoms with Gasteiger partial charge in [0.25, 0.3) is 0 Å². The number of hydrogen-bond donors (Lipinski definition) is 1. The van der Waals surface area contributed by atoms with Crippen molar-refractivity contribution in [1.82, 2.24) is 4.90 Å². The number of benzene rings is 1. The molecule has 0 radical (unpaired) electrons. The predicted molar refractivity (Wildman–Crippen MR) is 75.5 cm³/mol. The Morgan fingerprint density at radius 1 is 1.16 bits per heavy atom. The summed E-state index contributed by atoms with van der Waals surface area (Å²) in [6.45, 7) is 2.92. The SMILES string of the molecule is NC1(c2ccco2)CCCN(Cc2ccccc2)C1. The lowest BCUT2D eigenvalue weighted by atomic mass is 9.87. The molecule has 1 aromatic heterocycles. The van der Waals surface area contributed by atoms with Crippen molar-refractivity contribution in [2.24, 2.45) is 5.73 Å². The highest BCUT2D eigenvalue weighted by atomic mass is 16.3. The summed E-state index contributed by atoms with van der Waals surface area (Å²) < 4.78 is 5.52. The van der Waals surface area contributed by atoms with Gasteiger partial charge in [0, 0.05) is 13.1 Å². The van der Waals surface area contributed by atoms with Gasteiger partial charge < -0.3 is 10.2 Å². The van der Waals surface area contributed by atoms with Crippen molar-refractivity contribution in [3.63, 3.8) is 0 Å². The second-order valence-electron chi connectivity index (χ2n) is 5.43. The molecule has 2 aromatic rings. The molecular weight excluding hydrogens is 236 g/mol. The van der Waals surface area contributed by atoms with Gasteiger partial charge in [0.2, 0.25) is 0 Å². The van der Waals surface area contributed by atoms with Crippen LogP contribution >= 0.6 is 0 Å². The van der Waals surface area contributed by atoms with E-state index in [4.69, 9.17) is 10.2 Å². The average Bonchev–Trinajstić information content (AvgIpc) is 2.95. The second kappa shape index (κ2) is 5.19. The number of nitrogens with two attached hydrogens (primary N) is 1. The lowest BCUT2D eigenvalue weighted by Crippen LogP contribution is -2.51. The monoisotopic (exact) mass is 256 g/mol. The van der Waals surface area contributed by atoms with Crippen LogP contribution in [0.1, 0.15) is 24.2 Å². The van der Waals surface area contributed by atoms with Crippen LogP contribution < -0.4 is 5.73 Å². The molecule has 1 saturated heterocycles. The number of likely N-dealkylation sites (tertiary alicyclic amines) is 1. The minimum Gasteiger partial charge on any atom is -0.467 e. The van der Waals surface area contributed by atoms with Crippen LogP contribution in [0.3, 0.4) is 0 Å². The fourth-order valence-electron chi connectivity index (χ4n) is 2.91. The van der Waals surface area contributed by atoms with Crippen molar-refractivity contribution >= 4 is 0 Å². The molecular formula is C16H20N2O. The van der Waals surface area contributed by atoms with Crippen molar-refractivity contribution in [1.29, 1.82) is 0 Å². The maximum atomic E-state index is 6.53. The molecule has 0 bridgehead atoms. The first-order valence-corrected chi connectivity index (χ1v) is 6.85. The van der Waals surface area contributed by atoms with Crippen molar-refractivity contribution in [3.05, 3.63) is 60.1 Å². The summed E-state index contributed by atoms with van der Waals surface area (Å²) in [7, 11) is 0. The van der Waals surface area contributed by atoms with Crippen molar-refractivity contribution in [2.45, 2.75) is 24.9 Å². The standard InChI is InChI=1S/C16H20N2O/c17-16(15-8-4-11-19-15)9-5-10-18(13-16)12-14-6-2-1-3-7-14/h1-4,6-8,11H,5,9-10,12-13,17H2. The highest BCUT2D eigenvalue weighted by Gasteiger charge is 2.35. The van der Waals surface area contributed by atoms with Gasteiger partial charge in [0.05, 0.1) is 11.8 Å². The van der Waals surface area contributed by atoms with Crippen LogP contribution in [-0.4, -0.2) is 18.0 Å². The minimum atomic E-state index is -0.337. The Morgan fingerprint density at radius 3 is 2.74 bits per heavy atom. The Kier molecular flexibility index (Phi) is 3.40. The zero-order chi connectivity index (χ0) is 13.1. The van der Waals surface area contributed by atoms with Crippen LogP contribution in [0.4, 0.5) is 0 Å². The highest BCUT2D eigenvalue weighted by molar-refractivity contribution is 5.17. The smallest absolute Gasteiger partial charge is 0.124 e. The van der Waals surface area contributed by atoms with Crippen LogP contribution in [0, 0.1) is 0 Å². The zero-order valence-electron chi connectivity index (χ0n) is 11.1. The summed E-state index contributed by atoms with van der Waals surface area (Å²) in [5.41, 5.74) is 7.54. The molecule has 3 rings (SSSR count). The number of hydrogen-bond acceptors (Lipinski definition) is 3. The molecule has 2 N–H and O–H groups in total. The summed E-state index contributed by atoms with van der Waals surface area (Å²) in [5, 5.41) is 0. The van der Waals surface area contributed by atoms with Gasteiger partial charge in [-0.2, -0.15) is 0 Å². The van der Waals surface area contributed by atoms with Crippen LogP contribution in [0.15, 0.2) is 53.1 Å². The molecule has 1 fully saturated rings. The maximum Gasteiger partial charge on any atom is 0.124 e. The van der Waals surface area contributed by atoms with Crippen molar-refractivity contribution in [2.75, 3.05) is 13.1 Å². The number of furan rings is 1. The Morgan fingerprint density at radius 2 is 2.00 bits per heavy atom. The van der Waals surface area contributed by atoms with E-state index in [1.807, 2.05) is 12.1 Å². The topological polar surface area (TPSA) is 42.4 Å². The predicted octanol–water partition coefficient (Wildman–Crippen LogP) is 2.73. The molecule has 100 valence electrons. The molecule has 1 atom stereocenters. The maximum absolute atomic E-state index is 6.53. The molecule has 1 aromatic carbocycles. The Balaban J connectivity index is 1.72. The van der Waals surface area contributed by atoms with E-state index >= 15 is 0 Å². The molecule has 0 spiro atoms. The Labute approximate surface area is 114 Å². The molecule has 1 aliphatic heterocycles. The number of piperidine rings is 1. The van der Waals surface area contributed by atoms with Crippen LogP contribution in [0.5, 0.6) is 0 Å². The van der Waals surface area contributed by atoms with E-state index in [-0.39, 0.29) is 5.54 Å². The fraction of sp³-hybridized carbons (Fsp3) is 0.375. The first kappa shape index (κ1) is 12.5. The summed E-state index contributed by atoms with van der Waals surface area (Å²) in [4.78, 5) is 2.42. The van der Waals surface area contributed by atoms with Crippen LogP contribution in [-0.2, 0) is 12.1 Å². The molecule has 1 unspecified atom stereocenters. The number of nitrogens with zero attached hydrogens (tertiary/aromatic N) is 1. The molecule has 3 nitrogen and oxygen atoms in total. The average molecular weight is 256 g/mol. The quantitative estimate of drug-likeness (QED) is 0.918. The molecule has 3 heteroatoms. The Hall–Kier alpha value is -1.58. The normalized spacial score (nSPS) is 24.5. The van der Waals surface area contributed by atoms with Crippen LogP contribution in [0.2, 0.25) is 0 Å². The first-order valence-electron chi connectivity index (χ1n) is 6.85. The van der Waals surface area contributed by atoms with Gasteiger partial charge in [-0.15, -0.1) is 0 Å².